The number of aromatic nitrogens is 1. The lowest BCUT2D eigenvalue weighted by Crippen LogP contribution is -2.22. The van der Waals surface area contributed by atoms with Crippen LogP contribution in [0.15, 0.2) is 33.3 Å². The monoisotopic (exact) mass is 351 g/mol. The number of furan rings is 1. The second kappa shape index (κ2) is 7.61. The number of nitrogens with one attached hydrogen (secondary N) is 1. The van der Waals surface area contributed by atoms with Crippen LogP contribution in [-0.4, -0.2) is 18.6 Å². The van der Waals surface area contributed by atoms with E-state index in [1.165, 1.54) is 5.56 Å². The van der Waals surface area contributed by atoms with Gasteiger partial charge in [0.2, 0.25) is 0 Å². The molecule has 4 nitrogen and oxygen atoms in total. The molecule has 114 valence electrons. The van der Waals surface area contributed by atoms with E-state index in [2.05, 4.69) is 44.1 Å². The average Bonchev–Trinajstić information content (AvgIpc) is 2.84. The minimum atomic E-state index is 0.712. The van der Waals surface area contributed by atoms with E-state index in [0.29, 0.717) is 6.54 Å². The molecule has 0 fully saturated rings. The Morgan fingerprint density at radius 3 is 2.86 bits per heavy atom. The van der Waals surface area contributed by atoms with Crippen LogP contribution in [0.4, 0.5) is 5.82 Å². The summed E-state index contributed by atoms with van der Waals surface area (Å²) in [6.07, 6.45) is 2.96. The van der Waals surface area contributed by atoms with E-state index in [1.54, 1.807) is 0 Å². The standard InChI is InChI=1S/C16H22BrN3O/c1-4-7-18-9-13-8-14(17)10-19-16(13)20(3)11-15-6-5-12(2)21-15/h5-6,8,10,18H,4,7,9,11H2,1-3H3. The number of pyridine rings is 1. The SMILES string of the molecule is CCCNCc1cc(Br)cnc1N(C)Cc1ccc(C)o1. The lowest BCUT2D eigenvalue weighted by atomic mass is 10.2. The Morgan fingerprint density at radius 2 is 2.19 bits per heavy atom. The van der Waals surface area contributed by atoms with Gasteiger partial charge in [-0.15, -0.1) is 0 Å². The first-order valence-corrected chi connectivity index (χ1v) is 8.01. The minimum Gasteiger partial charge on any atom is -0.464 e. The van der Waals surface area contributed by atoms with Gasteiger partial charge < -0.3 is 14.6 Å². The number of rotatable bonds is 7. The summed E-state index contributed by atoms with van der Waals surface area (Å²) in [5, 5.41) is 3.43. The van der Waals surface area contributed by atoms with E-state index in [0.717, 1.165) is 41.3 Å². The highest BCUT2D eigenvalue weighted by Crippen LogP contribution is 2.22. The Labute approximate surface area is 134 Å². The van der Waals surface area contributed by atoms with E-state index >= 15 is 0 Å². The molecule has 2 rings (SSSR count). The third kappa shape index (κ3) is 4.58. The van der Waals surface area contributed by atoms with Gasteiger partial charge in [0.15, 0.2) is 0 Å². The van der Waals surface area contributed by atoms with Gasteiger partial charge >= 0.3 is 0 Å². The molecule has 1 N–H and O–H groups in total. The maximum atomic E-state index is 5.64. The normalized spacial score (nSPS) is 10.9. The van der Waals surface area contributed by atoms with Gasteiger partial charge in [0.25, 0.3) is 0 Å². The minimum absolute atomic E-state index is 0.712. The lowest BCUT2D eigenvalue weighted by Gasteiger charge is -2.20. The molecule has 0 aliphatic carbocycles. The van der Waals surface area contributed by atoms with E-state index in [1.807, 2.05) is 32.3 Å². The van der Waals surface area contributed by atoms with Crippen molar-refractivity contribution in [3.63, 3.8) is 0 Å². The molecule has 0 amide bonds. The Morgan fingerprint density at radius 1 is 1.38 bits per heavy atom. The summed E-state index contributed by atoms with van der Waals surface area (Å²) in [5.74, 6) is 2.87. The van der Waals surface area contributed by atoms with Crippen molar-refractivity contribution in [2.45, 2.75) is 33.4 Å². The van der Waals surface area contributed by atoms with E-state index < -0.39 is 0 Å². The van der Waals surface area contributed by atoms with Crippen molar-refractivity contribution < 1.29 is 4.42 Å². The van der Waals surface area contributed by atoms with Crippen molar-refractivity contribution in [3.05, 3.63) is 46.0 Å². The van der Waals surface area contributed by atoms with Crippen molar-refractivity contribution in [2.75, 3.05) is 18.5 Å². The summed E-state index contributed by atoms with van der Waals surface area (Å²) < 4.78 is 6.65. The van der Waals surface area contributed by atoms with Gasteiger partial charge in [-0.2, -0.15) is 0 Å². The van der Waals surface area contributed by atoms with Gasteiger partial charge in [-0.25, -0.2) is 4.98 Å². The fraction of sp³-hybridized carbons (Fsp3) is 0.438. The van der Waals surface area contributed by atoms with Crippen molar-refractivity contribution in [1.82, 2.24) is 10.3 Å². The van der Waals surface area contributed by atoms with E-state index in [-0.39, 0.29) is 0 Å². The van der Waals surface area contributed by atoms with Gasteiger partial charge in [0.05, 0.1) is 6.54 Å². The zero-order valence-corrected chi connectivity index (χ0v) is 14.4. The fourth-order valence-corrected chi connectivity index (χ4v) is 2.61. The van der Waals surface area contributed by atoms with Gasteiger partial charge in [0, 0.05) is 29.8 Å². The topological polar surface area (TPSA) is 41.3 Å². The molecular weight excluding hydrogens is 330 g/mol. The molecule has 0 saturated heterocycles. The van der Waals surface area contributed by atoms with Crippen LogP contribution in [0.1, 0.15) is 30.4 Å². The number of hydrogen-bond acceptors (Lipinski definition) is 4. The second-order valence-corrected chi connectivity index (χ2v) is 6.10. The maximum Gasteiger partial charge on any atom is 0.133 e. The number of nitrogens with zero attached hydrogens (tertiary/aromatic N) is 2. The second-order valence-electron chi connectivity index (χ2n) is 5.18. The Balaban J connectivity index is 2.12. The summed E-state index contributed by atoms with van der Waals surface area (Å²) in [4.78, 5) is 6.68. The largest absolute Gasteiger partial charge is 0.464 e. The number of hydrogen-bond donors (Lipinski definition) is 1. The third-order valence-corrected chi connectivity index (χ3v) is 3.64. The van der Waals surface area contributed by atoms with E-state index in [9.17, 15) is 0 Å². The van der Waals surface area contributed by atoms with Gasteiger partial charge in [-0.1, -0.05) is 6.92 Å². The molecule has 2 aromatic rings. The molecule has 0 unspecified atom stereocenters. The molecule has 0 bridgehead atoms. The van der Waals surface area contributed by atoms with E-state index in [4.69, 9.17) is 4.42 Å². The van der Waals surface area contributed by atoms with Crippen LogP contribution in [0.25, 0.3) is 0 Å². The lowest BCUT2D eigenvalue weighted by molar-refractivity contribution is 0.481. The van der Waals surface area contributed by atoms with Gasteiger partial charge in [-0.3, -0.25) is 0 Å². The third-order valence-electron chi connectivity index (χ3n) is 3.20. The predicted octanol–water partition coefficient (Wildman–Crippen LogP) is 3.88. The molecule has 0 atom stereocenters. The van der Waals surface area contributed by atoms with Crippen LogP contribution >= 0.6 is 15.9 Å². The molecule has 0 saturated carbocycles. The quantitative estimate of drug-likeness (QED) is 0.768. The highest BCUT2D eigenvalue weighted by atomic mass is 79.9. The highest BCUT2D eigenvalue weighted by molar-refractivity contribution is 9.10. The first-order valence-electron chi connectivity index (χ1n) is 7.21. The smallest absolute Gasteiger partial charge is 0.133 e. The molecule has 0 spiro atoms. The summed E-state index contributed by atoms with van der Waals surface area (Å²) in [7, 11) is 2.04. The summed E-state index contributed by atoms with van der Waals surface area (Å²) in [6.45, 7) is 6.66. The zero-order chi connectivity index (χ0) is 15.2. The van der Waals surface area contributed by atoms with Gasteiger partial charge in [-0.05, 0) is 54.0 Å². The van der Waals surface area contributed by atoms with Crippen molar-refractivity contribution in [1.29, 1.82) is 0 Å². The van der Waals surface area contributed by atoms with Crippen LogP contribution in [0.5, 0.6) is 0 Å². The summed E-state index contributed by atoms with van der Waals surface area (Å²) >= 11 is 3.50. The molecule has 2 heterocycles. The van der Waals surface area contributed by atoms with Crippen molar-refractivity contribution >= 4 is 21.7 Å². The van der Waals surface area contributed by atoms with Crippen LogP contribution < -0.4 is 10.2 Å². The zero-order valence-electron chi connectivity index (χ0n) is 12.8. The Kier molecular flexibility index (Phi) is 5.82. The molecule has 2 aromatic heterocycles. The molecule has 21 heavy (non-hydrogen) atoms. The number of halogens is 1. The maximum absolute atomic E-state index is 5.64. The molecule has 0 radical (unpaired) electrons. The van der Waals surface area contributed by atoms with Crippen LogP contribution in [-0.2, 0) is 13.1 Å². The fourth-order valence-electron chi connectivity index (χ4n) is 2.23. The molecule has 0 aliphatic heterocycles. The molecule has 0 aliphatic rings. The molecule has 0 aromatic carbocycles. The van der Waals surface area contributed by atoms with Crippen LogP contribution in [0.2, 0.25) is 0 Å². The van der Waals surface area contributed by atoms with Crippen molar-refractivity contribution in [3.8, 4) is 0 Å². The highest BCUT2D eigenvalue weighted by Gasteiger charge is 2.12. The predicted molar refractivity (Wildman–Crippen MR) is 89.5 cm³/mol. The summed E-state index contributed by atoms with van der Waals surface area (Å²) in [5.41, 5.74) is 1.18. The Hall–Kier alpha value is -1.33. The number of anilines is 1. The summed E-state index contributed by atoms with van der Waals surface area (Å²) in [6, 6.07) is 6.12. The molecule has 5 heteroatoms. The van der Waals surface area contributed by atoms with Crippen LogP contribution in [0.3, 0.4) is 0 Å². The van der Waals surface area contributed by atoms with Crippen molar-refractivity contribution in [2.24, 2.45) is 0 Å². The average molecular weight is 352 g/mol. The first-order chi connectivity index (χ1) is 10.1. The first kappa shape index (κ1) is 16.0. The van der Waals surface area contributed by atoms with Crippen LogP contribution in [0, 0.1) is 6.92 Å². The number of aryl methyl sites for hydroxylation is 1. The Bertz CT molecular complexity index is 583. The molecular formula is C16H22BrN3O. The van der Waals surface area contributed by atoms with Gasteiger partial charge in [0.1, 0.15) is 17.3 Å².